The molecule has 0 aromatic heterocycles. The van der Waals surface area contributed by atoms with Gasteiger partial charge in [0.15, 0.2) is 0 Å². The van der Waals surface area contributed by atoms with Gasteiger partial charge < -0.3 is 10.1 Å². The van der Waals surface area contributed by atoms with E-state index in [1.54, 1.807) is 25.3 Å². The van der Waals surface area contributed by atoms with Crippen molar-refractivity contribution < 1.29 is 17.9 Å². The van der Waals surface area contributed by atoms with E-state index in [2.05, 4.69) is 5.32 Å². The largest absolute Gasteiger partial charge is 0.496 e. The van der Waals surface area contributed by atoms with Crippen molar-refractivity contribution in [3.63, 3.8) is 0 Å². The molecule has 23 heavy (non-hydrogen) atoms. The number of nitrogens with zero attached hydrogens (tertiary/aromatic N) is 1. The van der Waals surface area contributed by atoms with E-state index in [-0.39, 0.29) is 23.3 Å². The number of aryl methyl sites for hydroxylation is 1. The summed E-state index contributed by atoms with van der Waals surface area (Å²) in [5.74, 6) is 0.305. The van der Waals surface area contributed by atoms with Gasteiger partial charge in [-0.3, -0.25) is 4.79 Å². The fourth-order valence-electron chi connectivity index (χ4n) is 2.85. The Labute approximate surface area is 137 Å². The molecule has 0 aliphatic carbocycles. The third-order valence-corrected chi connectivity index (χ3v) is 5.97. The molecule has 0 unspecified atom stereocenters. The smallest absolute Gasteiger partial charge is 0.243 e. The van der Waals surface area contributed by atoms with E-state index in [9.17, 15) is 13.2 Å². The Balaban J connectivity index is 2.21. The van der Waals surface area contributed by atoms with Gasteiger partial charge in [-0.15, -0.1) is 0 Å². The van der Waals surface area contributed by atoms with Crippen LogP contribution in [0.4, 0.5) is 0 Å². The summed E-state index contributed by atoms with van der Waals surface area (Å²) in [6.07, 6.45) is 1.41. The molecular formula is C16H24N2O4S. The lowest BCUT2D eigenvalue weighted by Crippen LogP contribution is -2.45. The van der Waals surface area contributed by atoms with Crippen molar-refractivity contribution in [3.05, 3.63) is 23.8 Å². The number of nitrogens with one attached hydrogen (secondary N) is 1. The minimum Gasteiger partial charge on any atom is -0.496 e. The topological polar surface area (TPSA) is 75.7 Å². The van der Waals surface area contributed by atoms with E-state index in [0.717, 1.165) is 12.0 Å². The van der Waals surface area contributed by atoms with E-state index in [1.165, 1.54) is 4.31 Å². The van der Waals surface area contributed by atoms with Gasteiger partial charge in [0, 0.05) is 19.6 Å². The highest BCUT2D eigenvalue weighted by atomic mass is 32.2. The van der Waals surface area contributed by atoms with Crippen LogP contribution < -0.4 is 10.1 Å². The van der Waals surface area contributed by atoms with Crippen LogP contribution in [0.15, 0.2) is 23.1 Å². The van der Waals surface area contributed by atoms with Crippen molar-refractivity contribution in [2.24, 2.45) is 5.92 Å². The normalized spacial score (nSPS) is 19.3. The van der Waals surface area contributed by atoms with Crippen LogP contribution in [0.1, 0.15) is 25.3 Å². The minimum atomic E-state index is -3.59. The Morgan fingerprint density at radius 2 is 2.17 bits per heavy atom. The fourth-order valence-corrected chi connectivity index (χ4v) is 4.46. The lowest BCUT2D eigenvalue weighted by atomic mass is 9.99. The first-order valence-corrected chi connectivity index (χ1v) is 9.26. The van der Waals surface area contributed by atoms with Crippen LogP contribution in [0.2, 0.25) is 0 Å². The number of carbonyl (C=O) groups is 1. The molecule has 7 heteroatoms. The van der Waals surface area contributed by atoms with E-state index in [4.69, 9.17) is 4.74 Å². The van der Waals surface area contributed by atoms with Gasteiger partial charge in [-0.1, -0.05) is 0 Å². The molecule has 1 fully saturated rings. The molecule has 1 aromatic rings. The van der Waals surface area contributed by atoms with Crippen molar-refractivity contribution in [1.29, 1.82) is 0 Å². The molecule has 0 spiro atoms. The van der Waals surface area contributed by atoms with Gasteiger partial charge in [0.1, 0.15) is 5.75 Å². The third kappa shape index (κ3) is 3.84. The minimum absolute atomic E-state index is 0.0710. The number of methoxy groups -OCH3 is 1. The van der Waals surface area contributed by atoms with Crippen molar-refractivity contribution in [3.8, 4) is 5.75 Å². The summed E-state index contributed by atoms with van der Waals surface area (Å²) in [5.41, 5.74) is 0.769. The molecule has 128 valence electrons. The predicted molar refractivity (Wildman–Crippen MR) is 87.9 cm³/mol. The highest BCUT2D eigenvalue weighted by molar-refractivity contribution is 7.89. The first kappa shape index (κ1) is 17.7. The molecule has 1 heterocycles. The molecule has 1 aromatic carbocycles. The SMILES string of the molecule is CCNC(=O)[C@@H]1CCCN(S(=O)(=O)c2ccc(OC)c(C)c2)C1. The molecule has 2 rings (SSSR count). The number of carbonyl (C=O) groups excluding carboxylic acids is 1. The Kier molecular flexibility index (Phi) is 5.64. The second-order valence-corrected chi connectivity index (χ2v) is 7.67. The van der Waals surface area contributed by atoms with Crippen molar-refractivity contribution in [2.75, 3.05) is 26.7 Å². The summed E-state index contributed by atoms with van der Waals surface area (Å²) in [5, 5.41) is 2.77. The van der Waals surface area contributed by atoms with Gasteiger partial charge in [0.05, 0.1) is 17.9 Å². The summed E-state index contributed by atoms with van der Waals surface area (Å²) in [6, 6.07) is 4.83. The van der Waals surface area contributed by atoms with Crippen LogP contribution >= 0.6 is 0 Å². The summed E-state index contributed by atoms with van der Waals surface area (Å²) < 4.78 is 32.2. The second kappa shape index (κ2) is 7.31. The molecule has 0 bridgehead atoms. The monoisotopic (exact) mass is 340 g/mol. The zero-order valence-corrected chi connectivity index (χ0v) is 14.6. The van der Waals surface area contributed by atoms with Gasteiger partial charge in [0.25, 0.3) is 0 Å². The van der Waals surface area contributed by atoms with E-state index < -0.39 is 10.0 Å². The van der Waals surface area contributed by atoms with E-state index >= 15 is 0 Å². The summed E-state index contributed by atoms with van der Waals surface area (Å²) in [6.45, 7) is 4.91. The van der Waals surface area contributed by atoms with Crippen LogP contribution in [0.5, 0.6) is 5.75 Å². The molecule has 1 aliphatic rings. The molecule has 1 atom stereocenters. The lowest BCUT2D eigenvalue weighted by molar-refractivity contribution is -0.125. The zero-order valence-electron chi connectivity index (χ0n) is 13.8. The number of piperidine rings is 1. The maximum absolute atomic E-state index is 12.8. The summed E-state index contributed by atoms with van der Waals surface area (Å²) >= 11 is 0. The van der Waals surface area contributed by atoms with Crippen LogP contribution in [-0.2, 0) is 14.8 Å². The van der Waals surface area contributed by atoms with E-state index in [1.807, 2.05) is 13.8 Å². The Bertz CT molecular complexity index is 673. The summed E-state index contributed by atoms with van der Waals surface area (Å²) in [7, 11) is -2.04. The third-order valence-electron chi connectivity index (χ3n) is 4.11. The molecule has 1 aliphatic heterocycles. The Morgan fingerprint density at radius 3 is 2.78 bits per heavy atom. The summed E-state index contributed by atoms with van der Waals surface area (Å²) in [4.78, 5) is 12.2. The van der Waals surface area contributed by atoms with Crippen LogP contribution in [-0.4, -0.2) is 45.4 Å². The van der Waals surface area contributed by atoms with Crippen molar-refractivity contribution in [2.45, 2.75) is 31.6 Å². The Hall–Kier alpha value is -1.60. The van der Waals surface area contributed by atoms with Crippen molar-refractivity contribution in [1.82, 2.24) is 9.62 Å². The van der Waals surface area contributed by atoms with Crippen LogP contribution in [0, 0.1) is 12.8 Å². The van der Waals surface area contributed by atoms with Gasteiger partial charge in [-0.05, 0) is 50.5 Å². The van der Waals surface area contributed by atoms with Crippen LogP contribution in [0.25, 0.3) is 0 Å². The van der Waals surface area contributed by atoms with Gasteiger partial charge >= 0.3 is 0 Å². The molecule has 0 saturated carbocycles. The van der Waals surface area contributed by atoms with Gasteiger partial charge in [0.2, 0.25) is 15.9 Å². The highest BCUT2D eigenvalue weighted by Crippen LogP contribution is 2.27. The quantitative estimate of drug-likeness (QED) is 0.882. The maximum atomic E-state index is 12.8. The molecule has 6 nitrogen and oxygen atoms in total. The molecule has 1 saturated heterocycles. The molecule has 1 N–H and O–H groups in total. The van der Waals surface area contributed by atoms with E-state index in [0.29, 0.717) is 25.3 Å². The standard InChI is InChI=1S/C16H24N2O4S/c1-4-17-16(19)13-6-5-9-18(11-13)23(20,21)14-7-8-15(22-3)12(2)10-14/h7-8,10,13H,4-6,9,11H2,1-3H3,(H,17,19)/t13-/m1/s1. The number of sulfonamides is 1. The van der Waals surface area contributed by atoms with Gasteiger partial charge in [-0.25, -0.2) is 8.42 Å². The Morgan fingerprint density at radius 1 is 1.43 bits per heavy atom. The van der Waals surface area contributed by atoms with Gasteiger partial charge in [-0.2, -0.15) is 4.31 Å². The number of hydrogen-bond acceptors (Lipinski definition) is 4. The first-order chi connectivity index (χ1) is 10.9. The number of hydrogen-bond donors (Lipinski definition) is 1. The average Bonchev–Trinajstić information content (AvgIpc) is 2.55. The zero-order chi connectivity index (χ0) is 17.0. The molecular weight excluding hydrogens is 316 g/mol. The molecule has 0 radical (unpaired) electrons. The highest BCUT2D eigenvalue weighted by Gasteiger charge is 2.33. The second-order valence-electron chi connectivity index (χ2n) is 5.73. The lowest BCUT2D eigenvalue weighted by Gasteiger charge is -2.31. The predicted octanol–water partition coefficient (Wildman–Crippen LogP) is 1.54. The number of rotatable bonds is 5. The average molecular weight is 340 g/mol. The first-order valence-electron chi connectivity index (χ1n) is 7.82. The number of amides is 1. The number of benzene rings is 1. The maximum Gasteiger partial charge on any atom is 0.243 e. The van der Waals surface area contributed by atoms with Crippen LogP contribution in [0.3, 0.4) is 0 Å². The number of ether oxygens (including phenoxy) is 1. The fraction of sp³-hybridized carbons (Fsp3) is 0.562. The van der Waals surface area contributed by atoms with Crippen molar-refractivity contribution >= 4 is 15.9 Å². The molecule has 1 amide bonds.